The molecule has 2 aliphatic rings. The number of Topliss-reactive ketones (excluding diaryl/α,β-unsaturated/α-hetero) is 1. The minimum atomic E-state index is -0.0302. The number of ether oxygens (including phenoxy) is 2. The Morgan fingerprint density at radius 1 is 1.04 bits per heavy atom. The molecule has 0 aromatic heterocycles. The quantitative estimate of drug-likeness (QED) is 0.778. The van der Waals surface area contributed by atoms with Gasteiger partial charge >= 0.3 is 0 Å². The van der Waals surface area contributed by atoms with E-state index in [0.717, 1.165) is 12.8 Å². The lowest BCUT2D eigenvalue weighted by Gasteiger charge is -2.31. The van der Waals surface area contributed by atoms with E-state index in [1.54, 1.807) is 18.2 Å². The zero-order valence-corrected chi connectivity index (χ0v) is 14.3. The van der Waals surface area contributed by atoms with Gasteiger partial charge in [0.1, 0.15) is 13.2 Å². The Labute approximate surface area is 142 Å². The number of hydrogen-bond donors (Lipinski definition) is 0. The SMILES string of the molecule is CN(C(=O)CCC(=O)c1ccc2c(c1)OCCO2)C1CCCCC1. The predicted octanol–water partition coefficient (Wildman–Crippen LogP) is 3.21. The third-order valence-electron chi connectivity index (χ3n) is 4.95. The zero-order chi connectivity index (χ0) is 16.9. The van der Waals surface area contributed by atoms with Gasteiger partial charge in [-0.3, -0.25) is 9.59 Å². The van der Waals surface area contributed by atoms with Crippen molar-refractivity contribution in [2.24, 2.45) is 0 Å². The van der Waals surface area contributed by atoms with Gasteiger partial charge in [0.25, 0.3) is 0 Å². The van der Waals surface area contributed by atoms with Crippen molar-refractivity contribution in [1.29, 1.82) is 0 Å². The largest absolute Gasteiger partial charge is 0.486 e. The highest BCUT2D eigenvalue weighted by Crippen LogP contribution is 2.31. The number of carbonyl (C=O) groups excluding carboxylic acids is 2. The maximum absolute atomic E-state index is 12.4. The highest BCUT2D eigenvalue weighted by Gasteiger charge is 2.23. The van der Waals surface area contributed by atoms with Crippen LogP contribution in [0.2, 0.25) is 0 Å². The Bertz CT molecular complexity index is 607. The molecule has 1 amide bonds. The average Bonchev–Trinajstić information content (AvgIpc) is 2.65. The first kappa shape index (κ1) is 16.8. The molecule has 1 fully saturated rings. The number of carbonyl (C=O) groups is 2. The van der Waals surface area contributed by atoms with Crippen molar-refractivity contribution in [1.82, 2.24) is 4.90 Å². The van der Waals surface area contributed by atoms with Crippen molar-refractivity contribution in [3.63, 3.8) is 0 Å². The van der Waals surface area contributed by atoms with Gasteiger partial charge in [-0.15, -0.1) is 0 Å². The molecule has 3 rings (SSSR count). The summed E-state index contributed by atoms with van der Waals surface area (Å²) in [5.41, 5.74) is 0.576. The molecule has 130 valence electrons. The fourth-order valence-corrected chi connectivity index (χ4v) is 3.43. The topological polar surface area (TPSA) is 55.8 Å². The number of nitrogens with zero attached hydrogens (tertiary/aromatic N) is 1. The monoisotopic (exact) mass is 331 g/mol. The number of amides is 1. The van der Waals surface area contributed by atoms with Crippen LogP contribution in [-0.4, -0.2) is 42.9 Å². The summed E-state index contributed by atoms with van der Waals surface area (Å²) >= 11 is 0. The molecular weight excluding hydrogens is 306 g/mol. The van der Waals surface area contributed by atoms with Gasteiger partial charge in [0, 0.05) is 31.5 Å². The third-order valence-corrected chi connectivity index (χ3v) is 4.95. The van der Waals surface area contributed by atoms with Crippen LogP contribution in [0.3, 0.4) is 0 Å². The van der Waals surface area contributed by atoms with E-state index in [-0.39, 0.29) is 24.5 Å². The molecule has 24 heavy (non-hydrogen) atoms. The number of ketones is 1. The van der Waals surface area contributed by atoms with E-state index in [0.29, 0.717) is 36.3 Å². The number of hydrogen-bond acceptors (Lipinski definition) is 4. The second-order valence-corrected chi connectivity index (χ2v) is 6.58. The van der Waals surface area contributed by atoms with Crippen molar-refractivity contribution < 1.29 is 19.1 Å². The van der Waals surface area contributed by atoms with Crippen LogP contribution in [-0.2, 0) is 4.79 Å². The molecule has 1 heterocycles. The summed E-state index contributed by atoms with van der Waals surface area (Å²) < 4.78 is 11.0. The van der Waals surface area contributed by atoms with Crippen LogP contribution in [0.1, 0.15) is 55.3 Å². The Balaban J connectivity index is 1.54. The van der Waals surface area contributed by atoms with Gasteiger partial charge in [0.15, 0.2) is 17.3 Å². The summed E-state index contributed by atoms with van der Waals surface area (Å²) in [6.45, 7) is 1.03. The molecule has 1 aromatic carbocycles. The number of rotatable bonds is 5. The van der Waals surface area contributed by atoms with Gasteiger partial charge in [-0.1, -0.05) is 19.3 Å². The molecule has 1 saturated carbocycles. The van der Waals surface area contributed by atoms with E-state index >= 15 is 0 Å². The minimum absolute atomic E-state index is 0.0302. The normalized spacial score (nSPS) is 17.4. The zero-order valence-electron chi connectivity index (χ0n) is 14.3. The summed E-state index contributed by atoms with van der Waals surface area (Å²) in [5, 5.41) is 0. The Kier molecular flexibility index (Phi) is 5.38. The van der Waals surface area contributed by atoms with Crippen molar-refractivity contribution in [2.75, 3.05) is 20.3 Å². The van der Waals surface area contributed by atoms with Crippen molar-refractivity contribution in [2.45, 2.75) is 51.0 Å². The van der Waals surface area contributed by atoms with Crippen LogP contribution in [0.25, 0.3) is 0 Å². The molecule has 0 atom stereocenters. The molecule has 5 nitrogen and oxygen atoms in total. The van der Waals surface area contributed by atoms with Crippen LogP contribution >= 0.6 is 0 Å². The first-order chi connectivity index (χ1) is 11.6. The van der Waals surface area contributed by atoms with Crippen LogP contribution in [0.5, 0.6) is 11.5 Å². The molecule has 1 aliphatic carbocycles. The van der Waals surface area contributed by atoms with E-state index in [1.165, 1.54) is 19.3 Å². The highest BCUT2D eigenvalue weighted by molar-refractivity contribution is 5.98. The van der Waals surface area contributed by atoms with Crippen LogP contribution in [0.4, 0.5) is 0 Å². The van der Waals surface area contributed by atoms with E-state index in [2.05, 4.69) is 0 Å². The van der Waals surface area contributed by atoms with E-state index in [1.807, 2.05) is 11.9 Å². The molecule has 1 aliphatic heterocycles. The lowest BCUT2D eigenvalue weighted by molar-refractivity contribution is -0.132. The first-order valence-electron chi connectivity index (χ1n) is 8.83. The Morgan fingerprint density at radius 2 is 1.75 bits per heavy atom. The van der Waals surface area contributed by atoms with E-state index in [4.69, 9.17) is 9.47 Å². The fourth-order valence-electron chi connectivity index (χ4n) is 3.43. The maximum Gasteiger partial charge on any atom is 0.223 e. The van der Waals surface area contributed by atoms with Crippen molar-refractivity contribution >= 4 is 11.7 Å². The van der Waals surface area contributed by atoms with Crippen molar-refractivity contribution in [3.05, 3.63) is 23.8 Å². The van der Waals surface area contributed by atoms with Crippen molar-refractivity contribution in [3.8, 4) is 11.5 Å². The van der Waals surface area contributed by atoms with E-state index in [9.17, 15) is 9.59 Å². The molecule has 0 radical (unpaired) electrons. The molecular formula is C19H25NO4. The lowest BCUT2D eigenvalue weighted by Crippen LogP contribution is -2.38. The lowest BCUT2D eigenvalue weighted by atomic mass is 9.94. The summed E-state index contributed by atoms with van der Waals surface area (Å²) in [7, 11) is 1.87. The summed E-state index contributed by atoms with van der Waals surface area (Å²) in [6, 6.07) is 5.56. The molecule has 0 bridgehead atoms. The second-order valence-electron chi connectivity index (χ2n) is 6.58. The number of benzene rings is 1. The van der Waals surface area contributed by atoms with Crippen LogP contribution < -0.4 is 9.47 Å². The van der Waals surface area contributed by atoms with Crippen LogP contribution in [0, 0.1) is 0 Å². The average molecular weight is 331 g/mol. The molecule has 0 spiro atoms. The summed E-state index contributed by atoms with van der Waals surface area (Å²) in [5.74, 6) is 1.31. The second kappa shape index (κ2) is 7.69. The number of fused-ring (bicyclic) bond motifs is 1. The predicted molar refractivity (Wildman–Crippen MR) is 90.6 cm³/mol. The molecule has 0 saturated heterocycles. The maximum atomic E-state index is 12.4. The molecule has 5 heteroatoms. The standard InChI is InChI=1S/C19H25NO4/c1-20(15-5-3-2-4-6-15)19(22)10-8-16(21)14-7-9-17-18(13-14)24-12-11-23-17/h7,9,13,15H,2-6,8,10-12H2,1H3. The van der Waals surface area contributed by atoms with Crippen LogP contribution in [0.15, 0.2) is 18.2 Å². The third kappa shape index (κ3) is 3.89. The smallest absolute Gasteiger partial charge is 0.223 e. The summed E-state index contributed by atoms with van der Waals surface area (Å²) in [4.78, 5) is 26.5. The Morgan fingerprint density at radius 3 is 2.50 bits per heavy atom. The van der Waals surface area contributed by atoms with Gasteiger partial charge < -0.3 is 14.4 Å². The molecule has 1 aromatic rings. The van der Waals surface area contributed by atoms with Gasteiger partial charge in [-0.25, -0.2) is 0 Å². The van der Waals surface area contributed by atoms with E-state index < -0.39 is 0 Å². The fraction of sp³-hybridized carbons (Fsp3) is 0.579. The Hall–Kier alpha value is -2.04. The first-order valence-corrected chi connectivity index (χ1v) is 8.83. The molecule has 0 N–H and O–H groups in total. The van der Waals surface area contributed by atoms with Gasteiger partial charge in [0.2, 0.25) is 5.91 Å². The molecule has 0 unspecified atom stereocenters. The summed E-state index contributed by atoms with van der Waals surface area (Å²) in [6.07, 6.45) is 6.31. The van der Waals surface area contributed by atoms with Gasteiger partial charge in [-0.05, 0) is 31.0 Å². The van der Waals surface area contributed by atoms with Gasteiger partial charge in [-0.2, -0.15) is 0 Å². The minimum Gasteiger partial charge on any atom is -0.486 e. The van der Waals surface area contributed by atoms with Gasteiger partial charge in [0.05, 0.1) is 0 Å². The highest BCUT2D eigenvalue weighted by atomic mass is 16.6.